The predicted molar refractivity (Wildman–Crippen MR) is 73.8 cm³/mol. The van der Waals surface area contributed by atoms with Gasteiger partial charge in [0.15, 0.2) is 5.82 Å². The second-order valence-corrected chi connectivity index (χ2v) is 4.70. The summed E-state index contributed by atoms with van der Waals surface area (Å²) in [6, 6.07) is 9.66. The van der Waals surface area contributed by atoms with E-state index < -0.39 is 11.6 Å². The molecule has 0 bridgehead atoms. The zero-order valence-corrected chi connectivity index (χ0v) is 10.8. The number of anilines is 2. The average Bonchev–Trinajstić information content (AvgIpc) is 2.64. The van der Waals surface area contributed by atoms with Crippen LogP contribution in [0.25, 0.3) is 0 Å². The van der Waals surface area contributed by atoms with Crippen LogP contribution in [0.2, 0.25) is 0 Å². The monoisotopic (exact) mass is 276 g/mol. The van der Waals surface area contributed by atoms with Gasteiger partial charge in [0.1, 0.15) is 18.2 Å². The molecule has 2 N–H and O–H groups in total. The van der Waals surface area contributed by atoms with Gasteiger partial charge in [0.2, 0.25) is 0 Å². The number of hydrogen-bond donors (Lipinski definition) is 1. The van der Waals surface area contributed by atoms with Gasteiger partial charge in [-0.05, 0) is 12.1 Å². The van der Waals surface area contributed by atoms with Crippen LogP contribution in [0.5, 0.6) is 5.75 Å². The maximum atomic E-state index is 13.6. The number of nitrogens with zero attached hydrogens (tertiary/aromatic N) is 1. The summed E-state index contributed by atoms with van der Waals surface area (Å²) >= 11 is 0. The smallest absolute Gasteiger partial charge is 0.151 e. The lowest BCUT2D eigenvalue weighted by Gasteiger charge is -2.24. The van der Waals surface area contributed by atoms with Crippen LogP contribution in [0.3, 0.4) is 0 Å². The van der Waals surface area contributed by atoms with Gasteiger partial charge in [-0.25, -0.2) is 8.78 Å². The van der Waals surface area contributed by atoms with Gasteiger partial charge >= 0.3 is 0 Å². The second kappa shape index (κ2) is 5.00. The van der Waals surface area contributed by atoms with Gasteiger partial charge in [-0.2, -0.15) is 0 Å². The molecule has 0 amide bonds. The quantitative estimate of drug-likeness (QED) is 0.814. The molecule has 0 atom stereocenters. The molecule has 0 aromatic heterocycles. The van der Waals surface area contributed by atoms with E-state index in [-0.39, 0.29) is 5.69 Å². The van der Waals surface area contributed by atoms with Gasteiger partial charge < -0.3 is 15.4 Å². The number of hydrogen-bond acceptors (Lipinski definition) is 3. The largest absolute Gasteiger partial charge is 0.491 e. The first-order valence-electron chi connectivity index (χ1n) is 6.35. The highest BCUT2D eigenvalue weighted by Gasteiger charge is 2.19. The van der Waals surface area contributed by atoms with Crippen molar-refractivity contribution in [3.8, 4) is 5.75 Å². The zero-order valence-electron chi connectivity index (χ0n) is 10.8. The molecule has 2 aromatic carbocycles. The molecule has 0 aliphatic carbocycles. The van der Waals surface area contributed by atoms with E-state index in [0.717, 1.165) is 17.4 Å². The molecule has 1 heterocycles. The van der Waals surface area contributed by atoms with Crippen LogP contribution >= 0.6 is 0 Å². The molecular weight excluding hydrogens is 262 g/mol. The Morgan fingerprint density at radius 2 is 1.95 bits per heavy atom. The van der Waals surface area contributed by atoms with Crippen LogP contribution in [-0.4, -0.2) is 13.2 Å². The number of ether oxygens (including phenoxy) is 1. The highest BCUT2D eigenvalue weighted by atomic mass is 19.1. The summed E-state index contributed by atoms with van der Waals surface area (Å²) in [6.45, 7) is 1.46. The van der Waals surface area contributed by atoms with Crippen LogP contribution in [0.4, 0.5) is 20.2 Å². The van der Waals surface area contributed by atoms with Crippen LogP contribution in [0.15, 0.2) is 36.4 Å². The molecule has 5 heteroatoms. The van der Waals surface area contributed by atoms with E-state index >= 15 is 0 Å². The number of para-hydroxylation sites is 1. The molecule has 0 fully saturated rings. The number of fused-ring (bicyclic) bond motifs is 1. The fraction of sp³-hybridized carbons (Fsp3) is 0.200. The highest BCUT2D eigenvalue weighted by Crippen LogP contribution is 2.31. The summed E-state index contributed by atoms with van der Waals surface area (Å²) in [7, 11) is 0. The van der Waals surface area contributed by atoms with Crippen molar-refractivity contribution in [3.05, 3.63) is 53.6 Å². The maximum absolute atomic E-state index is 13.6. The summed E-state index contributed by atoms with van der Waals surface area (Å²) in [5.74, 6) is -0.575. The van der Waals surface area contributed by atoms with Gasteiger partial charge in [0.05, 0.1) is 17.9 Å². The van der Waals surface area contributed by atoms with Crippen LogP contribution in [-0.2, 0) is 6.54 Å². The number of benzene rings is 2. The molecule has 104 valence electrons. The topological polar surface area (TPSA) is 38.5 Å². The summed E-state index contributed by atoms with van der Waals surface area (Å²) in [6.07, 6.45) is 0. The van der Waals surface area contributed by atoms with Crippen LogP contribution < -0.4 is 15.4 Å². The Balaban J connectivity index is 1.99. The maximum Gasteiger partial charge on any atom is 0.151 e. The summed E-state index contributed by atoms with van der Waals surface area (Å²) in [5, 5.41) is 0. The SMILES string of the molecule is Nc1c(F)cc(F)cc1N1CCOc2ccccc2C1. The molecule has 0 saturated heterocycles. The van der Waals surface area contributed by atoms with Crippen molar-refractivity contribution in [2.24, 2.45) is 0 Å². The van der Waals surface area contributed by atoms with Gasteiger partial charge in [-0.1, -0.05) is 18.2 Å². The Bertz CT molecular complexity index is 646. The molecule has 3 nitrogen and oxygen atoms in total. The Morgan fingerprint density at radius 3 is 2.80 bits per heavy atom. The normalized spacial score (nSPS) is 14.4. The van der Waals surface area contributed by atoms with Crippen LogP contribution in [0.1, 0.15) is 5.56 Å². The number of nitrogens with two attached hydrogens (primary N) is 1. The minimum Gasteiger partial charge on any atom is -0.491 e. The van der Waals surface area contributed by atoms with Gasteiger partial charge in [-0.3, -0.25) is 0 Å². The number of nitrogen functional groups attached to an aromatic ring is 1. The predicted octanol–water partition coefficient (Wildman–Crippen LogP) is 2.95. The highest BCUT2D eigenvalue weighted by molar-refractivity contribution is 5.68. The van der Waals surface area contributed by atoms with Gasteiger partial charge in [-0.15, -0.1) is 0 Å². The van der Waals surface area contributed by atoms with Crippen LogP contribution in [0, 0.1) is 11.6 Å². The van der Waals surface area contributed by atoms with E-state index in [1.54, 1.807) is 0 Å². The average molecular weight is 276 g/mol. The van der Waals surface area contributed by atoms with E-state index in [9.17, 15) is 8.78 Å². The Morgan fingerprint density at radius 1 is 1.15 bits per heavy atom. The van der Waals surface area contributed by atoms with Crippen molar-refractivity contribution >= 4 is 11.4 Å². The minimum absolute atomic E-state index is 0.0363. The number of rotatable bonds is 1. The molecule has 0 radical (unpaired) electrons. The summed E-state index contributed by atoms with van der Waals surface area (Å²) in [4.78, 5) is 1.83. The van der Waals surface area contributed by atoms with E-state index in [1.165, 1.54) is 6.07 Å². The molecule has 0 unspecified atom stereocenters. The third-order valence-corrected chi connectivity index (χ3v) is 3.37. The van der Waals surface area contributed by atoms with Gasteiger partial charge in [0, 0.05) is 18.2 Å². The third-order valence-electron chi connectivity index (χ3n) is 3.37. The lowest BCUT2D eigenvalue weighted by molar-refractivity contribution is 0.331. The Hall–Kier alpha value is -2.30. The van der Waals surface area contributed by atoms with Crippen molar-refractivity contribution in [1.29, 1.82) is 0 Å². The molecule has 0 spiro atoms. The van der Waals surface area contributed by atoms with Crippen molar-refractivity contribution in [2.75, 3.05) is 23.8 Å². The second-order valence-electron chi connectivity index (χ2n) is 4.70. The van der Waals surface area contributed by atoms with Crippen molar-refractivity contribution in [3.63, 3.8) is 0 Å². The zero-order chi connectivity index (χ0) is 14.1. The van der Waals surface area contributed by atoms with E-state index in [4.69, 9.17) is 10.5 Å². The molecule has 0 saturated carbocycles. The Labute approximate surface area is 115 Å². The minimum atomic E-state index is -0.738. The summed E-state index contributed by atoms with van der Waals surface area (Å²) in [5.41, 5.74) is 7.02. The number of halogens is 2. The lowest BCUT2D eigenvalue weighted by atomic mass is 10.1. The van der Waals surface area contributed by atoms with Crippen molar-refractivity contribution in [1.82, 2.24) is 0 Å². The molecule has 20 heavy (non-hydrogen) atoms. The van der Waals surface area contributed by atoms with E-state index in [2.05, 4.69) is 0 Å². The molecule has 1 aliphatic heterocycles. The fourth-order valence-electron chi connectivity index (χ4n) is 2.36. The molecule has 2 aromatic rings. The van der Waals surface area contributed by atoms with E-state index in [1.807, 2.05) is 29.2 Å². The molecule has 1 aliphatic rings. The lowest BCUT2D eigenvalue weighted by Crippen LogP contribution is -2.26. The van der Waals surface area contributed by atoms with Gasteiger partial charge in [0.25, 0.3) is 0 Å². The standard InChI is InChI=1S/C15H14F2N2O/c16-11-7-12(17)15(18)13(8-11)19-5-6-20-14-4-2-1-3-10(14)9-19/h1-4,7-8H,5-6,9,18H2. The molecule has 3 rings (SSSR count). The Kier molecular flexibility index (Phi) is 3.18. The van der Waals surface area contributed by atoms with Crippen molar-refractivity contribution < 1.29 is 13.5 Å². The summed E-state index contributed by atoms with van der Waals surface area (Å²) < 4.78 is 32.6. The first-order chi connectivity index (χ1) is 9.65. The fourth-order valence-corrected chi connectivity index (χ4v) is 2.36. The first-order valence-corrected chi connectivity index (χ1v) is 6.35. The van der Waals surface area contributed by atoms with Crippen molar-refractivity contribution in [2.45, 2.75) is 6.54 Å². The molecular formula is C15H14F2N2O. The third kappa shape index (κ3) is 2.27. The van der Waals surface area contributed by atoms with E-state index in [0.29, 0.717) is 25.4 Å². The first kappa shape index (κ1) is 12.7.